The second kappa shape index (κ2) is 39.6. The van der Waals surface area contributed by atoms with Gasteiger partial charge in [-0.3, -0.25) is 59.2 Å². The third-order valence-electron chi connectivity index (χ3n) is 24.6. The van der Waals surface area contributed by atoms with Gasteiger partial charge in [-0.15, -0.1) is 0 Å². The van der Waals surface area contributed by atoms with Crippen molar-refractivity contribution in [2.45, 2.75) is 163 Å². The van der Waals surface area contributed by atoms with Gasteiger partial charge in [-0.2, -0.15) is 5.10 Å². The summed E-state index contributed by atoms with van der Waals surface area (Å²) in [5.74, 6) is 0.539. The number of esters is 2. The first-order valence-corrected chi connectivity index (χ1v) is 46.4. The molecule has 5 aromatic heterocycles. The van der Waals surface area contributed by atoms with Crippen molar-refractivity contribution < 1.29 is 62.4 Å². The van der Waals surface area contributed by atoms with E-state index in [1.165, 1.54) is 22.7 Å². The number of thiazole rings is 2. The Morgan fingerprint density at radius 1 is 0.515 bits per heavy atom. The first-order chi connectivity index (χ1) is 62.5. The summed E-state index contributed by atoms with van der Waals surface area (Å²) in [4.78, 5) is 131. The molecule has 12 aromatic rings. The van der Waals surface area contributed by atoms with Gasteiger partial charge in [-0.1, -0.05) is 83.3 Å². The molecule has 17 rings (SSSR count). The summed E-state index contributed by atoms with van der Waals surface area (Å²) in [5, 5.41) is 27.1. The summed E-state index contributed by atoms with van der Waals surface area (Å²) in [6.45, 7) is 22.2. The molecule has 5 amide bonds. The lowest BCUT2D eigenvalue weighted by Gasteiger charge is -2.31. The van der Waals surface area contributed by atoms with Gasteiger partial charge in [0, 0.05) is 73.0 Å². The van der Waals surface area contributed by atoms with E-state index < -0.39 is 35.0 Å². The zero-order chi connectivity index (χ0) is 91.1. The quantitative estimate of drug-likeness (QED) is 0.0191. The van der Waals surface area contributed by atoms with Crippen molar-refractivity contribution in [3.63, 3.8) is 0 Å². The summed E-state index contributed by atoms with van der Waals surface area (Å²) in [6.07, 6.45) is 10.1. The zero-order valence-electron chi connectivity index (χ0n) is 74.9. The van der Waals surface area contributed by atoms with E-state index in [1.807, 2.05) is 219 Å². The van der Waals surface area contributed by atoms with Crippen molar-refractivity contribution in [1.82, 2.24) is 44.8 Å². The number of piperidine rings is 3. The molecule has 0 aliphatic carbocycles. The minimum atomic E-state index is -0.767. The van der Waals surface area contributed by atoms with Crippen LogP contribution in [0.15, 0.2) is 164 Å². The van der Waals surface area contributed by atoms with Gasteiger partial charge < -0.3 is 39.2 Å². The summed E-state index contributed by atoms with van der Waals surface area (Å²) in [6, 6.07) is 52.5. The minimum Gasteiger partial charge on any atom is -0.494 e. The topological polar surface area (TPSA) is 324 Å². The molecule has 674 valence electrons. The Hall–Kier alpha value is -12.8. The minimum absolute atomic E-state index is 0.0802. The molecule has 5 aliphatic heterocycles. The maximum Gasteiger partial charge on any atom is 0.358 e. The molecular weight excluding hydrogens is 1680 g/mol. The molecule has 10 heterocycles. The van der Waals surface area contributed by atoms with Gasteiger partial charge in [0.2, 0.25) is 17.7 Å². The number of likely N-dealkylation sites (tertiary alicyclic amines) is 2. The Morgan fingerprint density at radius 2 is 0.992 bits per heavy atom. The molecule has 0 bridgehead atoms. The first-order valence-electron chi connectivity index (χ1n) is 44.8. The number of anilines is 5. The number of aromatic nitrogens is 6. The molecule has 29 heteroatoms. The van der Waals surface area contributed by atoms with Gasteiger partial charge in [-0.25, -0.2) is 29.5 Å². The molecule has 5 N–H and O–H groups in total. The number of carbonyl (C=O) groups excluding carboxylic acids is 7. The Kier molecular flexibility index (Phi) is 27.6. The summed E-state index contributed by atoms with van der Waals surface area (Å²) >= 11 is 2.89. The van der Waals surface area contributed by atoms with Crippen LogP contribution < -0.4 is 40.5 Å². The van der Waals surface area contributed by atoms with Gasteiger partial charge in [0.15, 0.2) is 21.7 Å². The molecule has 7 aromatic carbocycles. The van der Waals surface area contributed by atoms with Crippen LogP contribution in [0.2, 0.25) is 0 Å². The van der Waals surface area contributed by atoms with E-state index >= 15 is 0 Å². The summed E-state index contributed by atoms with van der Waals surface area (Å²) < 4.78 is 28.0. The normalized spacial score (nSPS) is 15.9. The largest absolute Gasteiger partial charge is 0.494 e. The molecule has 0 radical (unpaired) electrons. The SMILES string of the molecule is Cc1cc(OCCCC2CCN(CC(=O)Nc3ccc4c(C5CCC(=O)NC5=O)nn(C)c4c3)CC2)ccc1-c1ccc(N2CCc3cccc(C(=O)Nc4nc5ccccc5s4)c3C2)nc1C(=O)OC(C)(C)C.Cc1cc(OCCCC2CCN(CC(=O)O)CC2)ccc1-c1ccc(N2CCc3cccc(C(=O)Nc4nc5ccccc5s4)c3C2)nc1C(=O)OC(C)(C)C. The van der Waals surface area contributed by atoms with E-state index in [0.29, 0.717) is 126 Å². The summed E-state index contributed by atoms with van der Waals surface area (Å²) in [5.41, 5.74) is 13.0. The van der Waals surface area contributed by atoms with Crippen molar-refractivity contribution in [2.75, 3.05) is 91.3 Å². The number of carboxylic acid groups (broad SMARTS) is 1. The number of benzene rings is 7. The maximum atomic E-state index is 14.0. The molecule has 5 aliphatic rings. The van der Waals surface area contributed by atoms with Crippen molar-refractivity contribution in [3.05, 3.63) is 225 Å². The van der Waals surface area contributed by atoms with Crippen LogP contribution in [0.1, 0.15) is 192 Å². The Morgan fingerprint density at radius 3 is 1.45 bits per heavy atom. The number of carbonyl (C=O) groups is 8. The fourth-order valence-electron chi connectivity index (χ4n) is 18.0. The number of ether oxygens (including phenoxy) is 4. The van der Waals surface area contributed by atoms with E-state index in [-0.39, 0.29) is 53.9 Å². The fraction of sp³-hybridized carbons (Fsp3) is 0.376. The molecule has 0 spiro atoms. The van der Waals surface area contributed by atoms with Gasteiger partial charge >= 0.3 is 17.9 Å². The molecule has 3 saturated heterocycles. The molecule has 27 nitrogen and oxygen atoms in total. The van der Waals surface area contributed by atoms with E-state index in [4.69, 9.17) is 34.0 Å². The fourth-order valence-corrected chi connectivity index (χ4v) is 19.7. The Balaban J connectivity index is 0.000000198. The number of amides is 5. The molecule has 0 saturated carbocycles. The molecule has 1 unspecified atom stereocenters. The first kappa shape index (κ1) is 90.5. The zero-order valence-corrected chi connectivity index (χ0v) is 76.6. The van der Waals surface area contributed by atoms with Gasteiger partial charge in [0.05, 0.1) is 63.9 Å². The second-order valence-electron chi connectivity index (χ2n) is 36.3. The number of para-hydroxylation sites is 2. The van der Waals surface area contributed by atoms with Crippen molar-refractivity contribution in [2.24, 2.45) is 18.9 Å². The lowest BCUT2D eigenvalue weighted by molar-refractivity contribution is -0.139. The van der Waals surface area contributed by atoms with Crippen LogP contribution in [0, 0.1) is 25.7 Å². The molecule has 1 atom stereocenters. The van der Waals surface area contributed by atoms with E-state index in [9.17, 15) is 38.4 Å². The van der Waals surface area contributed by atoms with Crippen molar-refractivity contribution in [1.29, 1.82) is 0 Å². The summed E-state index contributed by atoms with van der Waals surface area (Å²) in [7, 11) is 1.81. The predicted octanol–water partition coefficient (Wildman–Crippen LogP) is 17.7. The maximum absolute atomic E-state index is 14.0. The Bertz CT molecular complexity index is 6220. The monoisotopic (exact) mass is 1790 g/mol. The van der Waals surface area contributed by atoms with Crippen LogP contribution in [-0.4, -0.2) is 169 Å². The van der Waals surface area contributed by atoms with Crippen LogP contribution in [0.5, 0.6) is 11.5 Å². The molecule has 3 fully saturated rings. The number of imide groups is 1. The standard InChI is InChI=1S/C57H61N9O7S.C44H49N5O6S/c1-34-30-38(72-29-9-10-35-23-26-65(27-24-35)33-50(68)58-37-15-17-42-46(31-37)64(5)63-51(42)43-20-22-49(67)61-54(43)70)16-18-39(34)40-19-21-48(60-52(40)55(71)73-57(2,3)4)66-28-25-36-11-8-12-41(44(36)32-66)53(69)62-56-59-45-13-6-7-14-47(45)74-56;1-28-25-31(54-24-8-9-29-18-21-48(22-19-29)27-39(50)51)14-15-32(28)33-16-17-38(46-40(33)42(53)55-44(2,3)4)49-23-20-30-10-7-11-34(35(30)26-49)41(52)47-43-45-36-12-5-6-13-37(36)56-43/h6-8,11-19,21,30-31,35,43H,9-10,20,22-29,32-33H2,1-5H3,(H,58,68)(H,59,62,69)(H,61,67,70);5-7,10-17,25,29H,8-9,18-24,26-27H2,1-4H3,(H,50,51)(H,45,47,52). The van der Waals surface area contributed by atoms with Crippen LogP contribution in [0.25, 0.3) is 53.6 Å². The van der Waals surface area contributed by atoms with Crippen LogP contribution in [0.4, 0.5) is 27.6 Å². The van der Waals surface area contributed by atoms with Crippen LogP contribution >= 0.6 is 22.7 Å². The van der Waals surface area contributed by atoms with Gasteiger partial charge in [0.1, 0.15) is 34.3 Å². The highest BCUT2D eigenvalue weighted by Gasteiger charge is 2.35. The number of aryl methyl sites for hydroxylation is 3. The number of fused-ring (bicyclic) bond motifs is 5. The van der Waals surface area contributed by atoms with Crippen LogP contribution in [-0.2, 0) is 61.6 Å². The predicted molar refractivity (Wildman–Crippen MR) is 507 cm³/mol. The highest BCUT2D eigenvalue weighted by atomic mass is 32.1. The third kappa shape index (κ3) is 22.0. The number of aliphatic carboxylic acids is 1. The molecular formula is C101H110N14O13S2. The number of carboxylic acids is 1. The van der Waals surface area contributed by atoms with Gasteiger partial charge in [-0.05, 0) is 312 Å². The van der Waals surface area contributed by atoms with Crippen LogP contribution in [0.3, 0.4) is 0 Å². The number of nitrogens with zero attached hydrogens (tertiary/aromatic N) is 10. The highest BCUT2D eigenvalue weighted by molar-refractivity contribution is 7.22. The van der Waals surface area contributed by atoms with Gasteiger partial charge in [0.25, 0.3) is 11.8 Å². The number of hydrogen-bond acceptors (Lipinski definition) is 23. The van der Waals surface area contributed by atoms with Crippen molar-refractivity contribution >= 4 is 129 Å². The molecule has 130 heavy (non-hydrogen) atoms. The Labute approximate surface area is 763 Å². The number of nitrogens with one attached hydrogen (secondary N) is 4. The highest BCUT2D eigenvalue weighted by Crippen LogP contribution is 2.40. The lowest BCUT2D eigenvalue weighted by Crippen LogP contribution is -2.39. The van der Waals surface area contributed by atoms with E-state index in [1.54, 1.807) is 4.68 Å². The van der Waals surface area contributed by atoms with E-state index in [0.717, 1.165) is 171 Å². The van der Waals surface area contributed by atoms with Crippen molar-refractivity contribution in [3.8, 4) is 33.8 Å². The average Bonchev–Trinajstić information content (AvgIpc) is 1.74. The number of pyridine rings is 2. The second-order valence-corrected chi connectivity index (χ2v) is 38.4. The van der Waals surface area contributed by atoms with E-state index in [2.05, 4.69) is 63.2 Å². The lowest BCUT2D eigenvalue weighted by atomic mass is 9.92. The third-order valence-corrected chi connectivity index (χ3v) is 26.5. The average molecular weight is 1790 g/mol. The number of hydrogen-bond donors (Lipinski definition) is 5. The number of rotatable bonds is 26. The smallest absolute Gasteiger partial charge is 0.358 e.